The first-order valence-corrected chi connectivity index (χ1v) is 12.9. The maximum atomic E-state index is 11.5. The average molecular weight is 502 g/mol. The van der Waals surface area contributed by atoms with Gasteiger partial charge in [0.05, 0.1) is 11.0 Å². The van der Waals surface area contributed by atoms with Crippen molar-refractivity contribution in [1.82, 2.24) is 0 Å². The van der Waals surface area contributed by atoms with Gasteiger partial charge in [-0.1, -0.05) is 72.8 Å². The van der Waals surface area contributed by atoms with Crippen molar-refractivity contribution in [1.29, 1.82) is 0 Å². The minimum Gasteiger partial charge on any atom is -0.478 e. The number of carboxylic acid groups (broad SMARTS) is 1. The van der Waals surface area contributed by atoms with Crippen LogP contribution in [0, 0.1) is 0 Å². The van der Waals surface area contributed by atoms with E-state index >= 15 is 0 Å². The van der Waals surface area contributed by atoms with Gasteiger partial charge in [-0.15, -0.1) is 0 Å². The van der Waals surface area contributed by atoms with Gasteiger partial charge in [0.25, 0.3) is 0 Å². The summed E-state index contributed by atoms with van der Waals surface area (Å²) in [4.78, 5) is 13.9. The van der Waals surface area contributed by atoms with Crippen molar-refractivity contribution < 1.29 is 14.5 Å². The van der Waals surface area contributed by atoms with E-state index in [2.05, 4.69) is 120 Å². The van der Waals surface area contributed by atoms with E-state index < -0.39 is 5.97 Å². The Balaban J connectivity index is 1.38. The molecule has 4 heteroatoms. The van der Waals surface area contributed by atoms with Crippen LogP contribution in [0.1, 0.15) is 46.5 Å². The van der Waals surface area contributed by atoms with Gasteiger partial charge in [0.1, 0.15) is 7.05 Å². The lowest BCUT2D eigenvalue weighted by Crippen LogP contribution is -2.26. The zero-order valence-electron chi connectivity index (χ0n) is 22.1. The smallest absolute Gasteiger partial charge is 0.335 e. The normalized spacial score (nSPS) is 14.1. The van der Waals surface area contributed by atoms with Gasteiger partial charge in [-0.05, 0) is 60.9 Å². The number of fused-ring (bicyclic) bond motifs is 1. The van der Waals surface area contributed by atoms with E-state index in [1.807, 2.05) is 13.1 Å². The molecule has 0 spiro atoms. The van der Waals surface area contributed by atoms with Crippen LogP contribution in [-0.4, -0.2) is 28.4 Å². The Hall–Kier alpha value is -4.44. The fourth-order valence-corrected chi connectivity index (χ4v) is 5.29. The van der Waals surface area contributed by atoms with Gasteiger partial charge in [-0.25, -0.2) is 4.79 Å². The zero-order chi connectivity index (χ0) is 26.7. The Labute approximate surface area is 224 Å². The Morgan fingerprint density at radius 3 is 1.95 bits per heavy atom. The van der Waals surface area contributed by atoms with E-state index in [9.17, 15) is 9.90 Å². The second-order valence-electron chi connectivity index (χ2n) is 10.4. The molecule has 0 amide bonds. The molecule has 0 unspecified atom stereocenters. The number of aromatic carboxylic acids is 1. The molecule has 4 aromatic rings. The highest BCUT2D eigenvalue weighted by Gasteiger charge is 2.43. The molecule has 0 fully saturated rings. The molecule has 0 saturated heterocycles. The maximum absolute atomic E-state index is 11.5. The lowest BCUT2D eigenvalue weighted by molar-refractivity contribution is -0.401. The number of benzene rings is 4. The molecule has 1 heterocycles. The fraction of sp³-hybridized carbons (Fsp3) is 0.176. The first kappa shape index (κ1) is 25.2. The van der Waals surface area contributed by atoms with E-state index in [1.54, 1.807) is 12.1 Å². The first-order valence-electron chi connectivity index (χ1n) is 12.9. The third kappa shape index (κ3) is 5.16. The molecule has 1 aliphatic heterocycles. The van der Waals surface area contributed by atoms with Crippen LogP contribution < -0.4 is 4.90 Å². The summed E-state index contributed by atoms with van der Waals surface area (Å²) in [5.41, 5.74) is 8.09. The van der Waals surface area contributed by atoms with Gasteiger partial charge < -0.3 is 10.0 Å². The van der Waals surface area contributed by atoms with Crippen LogP contribution in [0.15, 0.2) is 109 Å². The van der Waals surface area contributed by atoms with Gasteiger partial charge >= 0.3 is 5.97 Å². The van der Waals surface area contributed by atoms with Crippen LogP contribution in [0.4, 0.5) is 11.4 Å². The molecule has 1 N–H and O–H groups in total. The number of nitrogens with zero attached hydrogens (tertiary/aromatic N) is 2. The van der Waals surface area contributed by atoms with E-state index in [1.165, 1.54) is 16.8 Å². The summed E-state index contributed by atoms with van der Waals surface area (Å²) in [7, 11) is 2.04. The predicted molar refractivity (Wildman–Crippen MR) is 156 cm³/mol. The minimum absolute atomic E-state index is 0.297. The van der Waals surface area contributed by atoms with Gasteiger partial charge in [-0.2, -0.15) is 4.58 Å². The topological polar surface area (TPSA) is 43.5 Å². The van der Waals surface area contributed by atoms with Crippen LogP contribution in [0.3, 0.4) is 0 Å². The first-order chi connectivity index (χ1) is 18.3. The molecule has 5 rings (SSSR count). The molecular formula is C34H33N2O2+. The van der Waals surface area contributed by atoms with Crippen LogP contribution in [0.5, 0.6) is 0 Å². The number of carboxylic acids is 1. The molecule has 38 heavy (non-hydrogen) atoms. The van der Waals surface area contributed by atoms with Gasteiger partial charge in [0.15, 0.2) is 5.71 Å². The van der Waals surface area contributed by atoms with Crippen molar-refractivity contribution in [2.45, 2.75) is 32.4 Å². The van der Waals surface area contributed by atoms with Crippen LogP contribution in [-0.2, 0) is 18.5 Å². The monoisotopic (exact) mass is 501 g/mol. The van der Waals surface area contributed by atoms with Gasteiger partial charge in [0, 0.05) is 36.5 Å². The number of anilines is 1. The second-order valence-corrected chi connectivity index (χ2v) is 10.4. The molecule has 4 nitrogen and oxygen atoms in total. The Morgan fingerprint density at radius 1 is 0.816 bits per heavy atom. The molecule has 1 aliphatic rings. The van der Waals surface area contributed by atoms with Crippen molar-refractivity contribution in [3.8, 4) is 0 Å². The lowest BCUT2D eigenvalue weighted by Gasteiger charge is -2.25. The zero-order valence-corrected chi connectivity index (χ0v) is 22.1. The summed E-state index contributed by atoms with van der Waals surface area (Å²) < 4.78 is 2.16. The summed E-state index contributed by atoms with van der Waals surface area (Å²) in [5.74, 6) is -0.899. The summed E-state index contributed by atoms with van der Waals surface area (Å²) in [5, 5.41) is 9.46. The highest BCUT2D eigenvalue weighted by molar-refractivity contribution is 6.05. The van der Waals surface area contributed by atoms with E-state index in [4.69, 9.17) is 0 Å². The molecule has 0 aliphatic carbocycles. The number of carbonyl (C=O) groups is 1. The number of hydrogen-bond donors (Lipinski definition) is 1. The minimum atomic E-state index is -0.899. The number of hydrogen-bond acceptors (Lipinski definition) is 2. The largest absolute Gasteiger partial charge is 0.478 e. The molecular weight excluding hydrogens is 468 g/mol. The molecule has 0 radical (unpaired) electrons. The second kappa shape index (κ2) is 10.5. The third-order valence-electron chi connectivity index (χ3n) is 7.40. The quantitative estimate of drug-likeness (QED) is 0.257. The Kier molecular flexibility index (Phi) is 6.97. The highest BCUT2D eigenvalue weighted by atomic mass is 16.4. The summed E-state index contributed by atoms with van der Waals surface area (Å²) >= 11 is 0. The molecule has 190 valence electrons. The summed E-state index contributed by atoms with van der Waals surface area (Å²) in [6.45, 7) is 5.96. The average Bonchev–Trinajstić information content (AvgIpc) is 3.12. The van der Waals surface area contributed by atoms with E-state index in [-0.39, 0.29) is 5.41 Å². The standard InChI is InChI=1S/C34H32N2O2/c1-34(2)30-22-28(33(37)38)17-20-31(30)35(3)32(34)21-16-25-14-18-29(19-15-25)36(23-26-10-6-4-7-11-26)24-27-12-8-5-9-13-27/h4-22H,23-24H2,1-3H3/p+1. The number of allylic oxidation sites excluding steroid dienone is 1. The molecule has 0 aromatic heterocycles. The van der Waals surface area contributed by atoms with Crippen LogP contribution in [0.2, 0.25) is 0 Å². The molecule has 4 aromatic carbocycles. The lowest BCUT2D eigenvalue weighted by atomic mass is 9.80. The van der Waals surface area contributed by atoms with Crippen molar-refractivity contribution in [2.24, 2.45) is 0 Å². The van der Waals surface area contributed by atoms with Crippen molar-refractivity contribution in [3.63, 3.8) is 0 Å². The van der Waals surface area contributed by atoms with E-state index in [0.717, 1.165) is 35.6 Å². The molecule has 0 atom stereocenters. The van der Waals surface area contributed by atoms with Gasteiger partial charge in [0.2, 0.25) is 5.69 Å². The van der Waals surface area contributed by atoms with Crippen molar-refractivity contribution >= 4 is 29.1 Å². The van der Waals surface area contributed by atoms with E-state index in [0.29, 0.717) is 5.56 Å². The number of rotatable bonds is 8. The summed E-state index contributed by atoms with van der Waals surface area (Å²) in [6.07, 6.45) is 4.29. The Morgan fingerprint density at radius 2 is 1.39 bits per heavy atom. The highest BCUT2D eigenvalue weighted by Crippen LogP contribution is 2.40. The molecule has 0 bridgehead atoms. The summed E-state index contributed by atoms with van der Waals surface area (Å²) in [6, 6.07) is 35.2. The fourth-order valence-electron chi connectivity index (χ4n) is 5.29. The van der Waals surface area contributed by atoms with Gasteiger partial charge in [-0.3, -0.25) is 0 Å². The van der Waals surface area contributed by atoms with Crippen LogP contribution >= 0.6 is 0 Å². The van der Waals surface area contributed by atoms with Crippen molar-refractivity contribution in [3.05, 3.63) is 137 Å². The SMILES string of the molecule is C[N+]1=C(C=Cc2ccc(N(Cc3ccccc3)Cc3ccccc3)cc2)C(C)(C)c2cc(C(=O)O)ccc21. The van der Waals surface area contributed by atoms with Crippen LogP contribution in [0.25, 0.3) is 6.08 Å². The Bertz CT molecular complexity index is 1460. The van der Waals surface area contributed by atoms with Crippen molar-refractivity contribution in [2.75, 3.05) is 11.9 Å². The third-order valence-corrected chi connectivity index (χ3v) is 7.40. The predicted octanol–water partition coefficient (Wildman–Crippen LogP) is 7.31. The maximum Gasteiger partial charge on any atom is 0.335 e. The molecule has 0 saturated carbocycles.